The Bertz CT molecular complexity index is 454. The van der Waals surface area contributed by atoms with Gasteiger partial charge < -0.3 is 14.5 Å². The van der Waals surface area contributed by atoms with Gasteiger partial charge in [-0.25, -0.2) is 4.98 Å². The van der Waals surface area contributed by atoms with E-state index in [0.29, 0.717) is 35.7 Å². The second kappa shape index (κ2) is 5.74. The highest BCUT2D eigenvalue weighted by atomic mass is 16.5. The van der Waals surface area contributed by atoms with Gasteiger partial charge in [0, 0.05) is 26.0 Å². The van der Waals surface area contributed by atoms with Crippen LogP contribution in [0.4, 0.5) is 0 Å². The Kier molecular flexibility index (Phi) is 4.24. The first-order valence-corrected chi connectivity index (χ1v) is 6.83. The standard InChI is InChI=1S/C14H22N2O3/c1-8(2)12-11(5-6-18-12)7-15-14(17)13-9(3)16-10(4)19-13/h8,11-12H,5-7H2,1-4H3,(H,15,17)/t11-,12+/m1/s1. The minimum atomic E-state index is -0.187. The molecule has 1 aliphatic heterocycles. The quantitative estimate of drug-likeness (QED) is 0.906. The Balaban J connectivity index is 1.92. The van der Waals surface area contributed by atoms with Gasteiger partial charge in [0.25, 0.3) is 5.91 Å². The third kappa shape index (κ3) is 3.15. The lowest BCUT2D eigenvalue weighted by Gasteiger charge is -2.21. The van der Waals surface area contributed by atoms with Crippen LogP contribution in [0.3, 0.4) is 0 Å². The van der Waals surface area contributed by atoms with Crippen molar-refractivity contribution in [1.29, 1.82) is 0 Å². The van der Waals surface area contributed by atoms with Crippen molar-refractivity contribution < 1.29 is 13.9 Å². The molecule has 5 heteroatoms. The summed E-state index contributed by atoms with van der Waals surface area (Å²) in [6, 6.07) is 0. The van der Waals surface area contributed by atoms with E-state index in [1.165, 1.54) is 0 Å². The van der Waals surface area contributed by atoms with E-state index in [1.807, 2.05) is 0 Å². The lowest BCUT2D eigenvalue weighted by Crippen LogP contribution is -2.35. The summed E-state index contributed by atoms with van der Waals surface area (Å²) in [6.45, 7) is 9.22. The van der Waals surface area contributed by atoms with E-state index in [1.54, 1.807) is 13.8 Å². The average Bonchev–Trinajstić information content (AvgIpc) is 2.92. The molecule has 1 N–H and O–H groups in total. The number of nitrogens with zero attached hydrogens (tertiary/aromatic N) is 1. The molecular formula is C14H22N2O3. The lowest BCUT2D eigenvalue weighted by atomic mass is 9.93. The third-order valence-corrected chi connectivity index (χ3v) is 3.56. The normalized spacial score (nSPS) is 23.0. The summed E-state index contributed by atoms with van der Waals surface area (Å²) < 4.78 is 11.0. The summed E-state index contributed by atoms with van der Waals surface area (Å²) in [6.07, 6.45) is 1.23. The van der Waals surface area contributed by atoms with Crippen LogP contribution >= 0.6 is 0 Å². The number of carbonyl (C=O) groups is 1. The molecule has 2 atom stereocenters. The Hall–Kier alpha value is -1.36. The van der Waals surface area contributed by atoms with Gasteiger partial charge in [0.2, 0.25) is 5.76 Å². The highest BCUT2D eigenvalue weighted by molar-refractivity contribution is 5.92. The highest BCUT2D eigenvalue weighted by Gasteiger charge is 2.31. The lowest BCUT2D eigenvalue weighted by molar-refractivity contribution is 0.0531. The number of hydrogen-bond donors (Lipinski definition) is 1. The summed E-state index contributed by atoms with van der Waals surface area (Å²) in [5, 5.41) is 2.93. The molecule has 0 aromatic carbocycles. The van der Waals surface area contributed by atoms with E-state index < -0.39 is 0 Å². The maximum Gasteiger partial charge on any atom is 0.289 e. The smallest absolute Gasteiger partial charge is 0.289 e. The molecular weight excluding hydrogens is 244 g/mol. The second-order valence-corrected chi connectivity index (χ2v) is 5.49. The van der Waals surface area contributed by atoms with Crippen LogP contribution in [0.1, 0.15) is 42.4 Å². The summed E-state index contributed by atoms with van der Waals surface area (Å²) >= 11 is 0. The maximum absolute atomic E-state index is 12.0. The summed E-state index contributed by atoms with van der Waals surface area (Å²) in [5.74, 6) is 1.50. The van der Waals surface area contributed by atoms with Gasteiger partial charge in [0.1, 0.15) is 0 Å². The van der Waals surface area contributed by atoms with Gasteiger partial charge in [-0.3, -0.25) is 4.79 Å². The number of aromatic nitrogens is 1. The molecule has 106 valence electrons. The minimum absolute atomic E-state index is 0.187. The van der Waals surface area contributed by atoms with Gasteiger partial charge >= 0.3 is 0 Å². The van der Waals surface area contributed by atoms with Crippen LogP contribution < -0.4 is 5.32 Å². The number of oxazole rings is 1. The number of ether oxygens (including phenoxy) is 1. The first-order chi connectivity index (χ1) is 8.99. The van der Waals surface area contributed by atoms with Gasteiger partial charge in [-0.1, -0.05) is 13.8 Å². The zero-order chi connectivity index (χ0) is 14.0. The number of hydrogen-bond acceptors (Lipinski definition) is 4. The SMILES string of the molecule is Cc1nc(C)c(C(=O)NC[C@H]2CCO[C@H]2C(C)C)o1. The monoisotopic (exact) mass is 266 g/mol. The van der Waals surface area contributed by atoms with Crippen molar-refractivity contribution in [2.75, 3.05) is 13.2 Å². The number of carbonyl (C=O) groups excluding carboxylic acids is 1. The summed E-state index contributed by atoms with van der Waals surface area (Å²) in [7, 11) is 0. The Morgan fingerprint density at radius 3 is 2.79 bits per heavy atom. The molecule has 0 spiro atoms. The molecule has 0 radical (unpaired) electrons. The van der Waals surface area contributed by atoms with Crippen molar-refractivity contribution in [3.05, 3.63) is 17.3 Å². The molecule has 1 amide bonds. The fraction of sp³-hybridized carbons (Fsp3) is 0.714. The van der Waals surface area contributed by atoms with Crippen LogP contribution in [-0.4, -0.2) is 30.1 Å². The number of amides is 1. The van der Waals surface area contributed by atoms with Gasteiger partial charge in [0.15, 0.2) is 5.89 Å². The van der Waals surface area contributed by atoms with Crippen LogP contribution in [0.2, 0.25) is 0 Å². The number of rotatable bonds is 4. The summed E-state index contributed by atoms with van der Waals surface area (Å²) in [4.78, 5) is 16.1. The molecule has 1 saturated heterocycles. The molecule has 5 nitrogen and oxygen atoms in total. The molecule has 2 rings (SSSR count). The fourth-order valence-electron chi connectivity index (χ4n) is 2.66. The molecule has 1 aromatic heterocycles. The van der Waals surface area contributed by atoms with E-state index in [2.05, 4.69) is 24.1 Å². The molecule has 0 saturated carbocycles. The van der Waals surface area contributed by atoms with Crippen LogP contribution in [0.15, 0.2) is 4.42 Å². The Morgan fingerprint density at radius 2 is 2.21 bits per heavy atom. The molecule has 0 aliphatic carbocycles. The molecule has 19 heavy (non-hydrogen) atoms. The molecule has 1 fully saturated rings. The van der Waals surface area contributed by atoms with Crippen LogP contribution in [0.25, 0.3) is 0 Å². The van der Waals surface area contributed by atoms with Crippen molar-refractivity contribution in [3.8, 4) is 0 Å². The van der Waals surface area contributed by atoms with Crippen LogP contribution in [-0.2, 0) is 4.74 Å². The van der Waals surface area contributed by atoms with Crippen molar-refractivity contribution in [2.24, 2.45) is 11.8 Å². The van der Waals surface area contributed by atoms with Gasteiger partial charge in [-0.05, 0) is 19.3 Å². The van der Waals surface area contributed by atoms with E-state index in [9.17, 15) is 4.79 Å². The van der Waals surface area contributed by atoms with Gasteiger partial charge in [0.05, 0.1) is 11.8 Å². The zero-order valence-corrected chi connectivity index (χ0v) is 12.0. The topological polar surface area (TPSA) is 64.4 Å². The molecule has 2 heterocycles. The second-order valence-electron chi connectivity index (χ2n) is 5.49. The number of aryl methyl sites for hydroxylation is 2. The predicted molar refractivity (Wildman–Crippen MR) is 71.0 cm³/mol. The van der Waals surface area contributed by atoms with E-state index in [-0.39, 0.29) is 12.0 Å². The Labute approximate surface area is 113 Å². The fourth-order valence-corrected chi connectivity index (χ4v) is 2.66. The number of nitrogens with one attached hydrogen (secondary N) is 1. The largest absolute Gasteiger partial charge is 0.436 e. The predicted octanol–water partition coefficient (Wildman–Crippen LogP) is 2.08. The van der Waals surface area contributed by atoms with Crippen molar-refractivity contribution in [1.82, 2.24) is 10.3 Å². The molecule has 1 aromatic rings. The van der Waals surface area contributed by atoms with E-state index >= 15 is 0 Å². The molecule has 0 bridgehead atoms. The maximum atomic E-state index is 12.0. The molecule has 0 unspecified atom stereocenters. The first kappa shape index (κ1) is 14.1. The van der Waals surface area contributed by atoms with Gasteiger partial charge in [-0.2, -0.15) is 0 Å². The van der Waals surface area contributed by atoms with E-state index in [0.717, 1.165) is 13.0 Å². The summed E-state index contributed by atoms with van der Waals surface area (Å²) in [5.41, 5.74) is 0.637. The third-order valence-electron chi connectivity index (χ3n) is 3.56. The van der Waals surface area contributed by atoms with Crippen molar-refractivity contribution >= 4 is 5.91 Å². The highest BCUT2D eigenvalue weighted by Crippen LogP contribution is 2.26. The van der Waals surface area contributed by atoms with Crippen molar-refractivity contribution in [3.63, 3.8) is 0 Å². The van der Waals surface area contributed by atoms with E-state index in [4.69, 9.17) is 9.15 Å². The molecule has 1 aliphatic rings. The van der Waals surface area contributed by atoms with Crippen LogP contribution in [0, 0.1) is 25.7 Å². The van der Waals surface area contributed by atoms with Crippen molar-refractivity contribution in [2.45, 2.75) is 40.2 Å². The zero-order valence-electron chi connectivity index (χ0n) is 12.0. The average molecular weight is 266 g/mol. The Morgan fingerprint density at radius 1 is 1.47 bits per heavy atom. The van der Waals surface area contributed by atoms with Crippen LogP contribution in [0.5, 0.6) is 0 Å². The first-order valence-electron chi connectivity index (χ1n) is 6.83. The minimum Gasteiger partial charge on any atom is -0.436 e. The van der Waals surface area contributed by atoms with Gasteiger partial charge in [-0.15, -0.1) is 0 Å².